The van der Waals surface area contributed by atoms with Crippen LogP contribution in [0.1, 0.15) is 12.5 Å². The van der Waals surface area contributed by atoms with Crippen molar-refractivity contribution in [2.75, 3.05) is 16.8 Å². The second-order valence-corrected chi connectivity index (χ2v) is 6.22. The van der Waals surface area contributed by atoms with Gasteiger partial charge in [-0.3, -0.25) is 10.2 Å². The smallest absolute Gasteiger partial charge is 0.412 e. The number of ether oxygens (including phenoxy) is 1. The number of carbonyl (C=O) groups is 2. The van der Waals surface area contributed by atoms with Crippen LogP contribution in [0.15, 0.2) is 42.5 Å². The molecule has 2 N–H and O–H groups in total. The summed E-state index contributed by atoms with van der Waals surface area (Å²) in [6, 6.07) is 9.85. The molecule has 2 amide bonds. The highest BCUT2D eigenvalue weighted by molar-refractivity contribution is 6.30. The van der Waals surface area contributed by atoms with E-state index in [9.17, 15) is 19.1 Å². The minimum atomic E-state index is -1.27. The first kappa shape index (κ1) is 17.0. The molecule has 2 aromatic carbocycles. The Balaban J connectivity index is 2.02. The van der Waals surface area contributed by atoms with Gasteiger partial charge in [0, 0.05) is 16.3 Å². The fourth-order valence-corrected chi connectivity index (χ4v) is 2.94. The predicted molar refractivity (Wildman–Crippen MR) is 90.7 cm³/mol. The number of cyclic esters (lactones) is 1. The van der Waals surface area contributed by atoms with Crippen LogP contribution < -0.4 is 10.2 Å². The van der Waals surface area contributed by atoms with E-state index in [-0.39, 0.29) is 12.2 Å². The van der Waals surface area contributed by atoms with Crippen LogP contribution in [0.2, 0.25) is 5.02 Å². The molecule has 0 fully saturated rings. The highest BCUT2D eigenvalue weighted by Crippen LogP contribution is 2.38. The summed E-state index contributed by atoms with van der Waals surface area (Å²) in [4.78, 5) is 24.6. The minimum Gasteiger partial charge on any atom is -0.465 e. The van der Waals surface area contributed by atoms with Crippen molar-refractivity contribution < 1.29 is 23.8 Å². The molecule has 0 bridgehead atoms. The van der Waals surface area contributed by atoms with Crippen LogP contribution in [-0.2, 0) is 10.3 Å². The van der Waals surface area contributed by atoms with Gasteiger partial charge in [-0.2, -0.15) is 0 Å². The number of anilines is 2. The standard InChI is InChI=1S/C17H14ClFN2O4/c1-17(9-21(16(23)24)12-5-3-11(19)4-6-12)13-8-10(18)2-7-14(13)20-15(22)25-17/h2-8H,9H2,1H3,(H,20,22)(H,23,24). The molecule has 8 heteroatoms. The fourth-order valence-electron chi connectivity index (χ4n) is 2.77. The van der Waals surface area contributed by atoms with Gasteiger partial charge < -0.3 is 9.84 Å². The van der Waals surface area contributed by atoms with Gasteiger partial charge in [-0.25, -0.2) is 14.0 Å². The van der Waals surface area contributed by atoms with Gasteiger partial charge in [0.05, 0.1) is 12.2 Å². The van der Waals surface area contributed by atoms with Crippen molar-refractivity contribution in [1.29, 1.82) is 0 Å². The topological polar surface area (TPSA) is 78.9 Å². The van der Waals surface area contributed by atoms with Crippen molar-refractivity contribution in [3.8, 4) is 0 Å². The molecule has 3 rings (SSSR count). The molecule has 0 aromatic heterocycles. The number of nitrogens with zero attached hydrogens (tertiary/aromatic N) is 1. The molecular formula is C17H14ClFN2O4. The maximum atomic E-state index is 13.1. The van der Waals surface area contributed by atoms with Crippen LogP contribution >= 0.6 is 11.6 Å². The molecule has 1 atom stereocenters. The van der Waals surface area contributed by atoms with E-state index in [1.54, 1.807) is 25.1 Å². The summed E-state index contributed by atoms with van der Waals surface area (Å²) in [7, 11) is 0. The Labute approximate surface area is 147 Å². The first-order chi connectivity index (χ1) is 11.8. The molecule has 1 aliphatic heterocycles. The van der Waals surface area contributed by atoms with Crippen molar-refractivity contribution in [2.45, 2.75) is 12.5 Å². The molecule has 25 heavy (non-hydrogen) atoms. The third-order valence-corrected chi connectivity index (χ3v) is 4.17. The summed E-state index contributed by atoms with van der Waals surface area (Å²) in [5.74, 6) is -0.481. The van der Waals surface area contributed by atoms with E-state index in [1.807, 2.05) is 0 Å². The number of rotatable bonds is 3. The summed E-state index contributed by atoms with van der Waals surface area (Å²) >= 11 is 6.03. The van der Waals surface area contributed by atoms with Gasteiger partial charge in [-0.15, -0.1) is 0 Å². The van der Waals surface area contributed by atoms with Crippen LogP contribution in [0.3, 0.4) is 0 Å². The van der Waals surface area contributed by atoms with E-state index in [2.05, 4.69) is 5.32 Å². The van der Waals surface area contributed by atoms with E-state index in [1.165, 1.54) is 12.1 Å². The number of amides is 2. The van der Waals surface area contributed by atoms with Gasteiger partial charge in [0.2, 0.25) is 0 Å². The van der Waals surface area contributed by atoms with Gasteiger partial charge >= 0.3 is 12.2 Å². The van der Waals surface area contributed by atoms with Gasteiger partial charge in [-0.1, -0.05) is 11.6 Å². The number of fused-ring (bicyclic) bond motifs is 1. The second-order valence-electron chi connectivity index (χ2n) is 5.78. The Morgan fingerprint density at radius 1 is 1.32 bits per heavy atom. The average Bonchev–Trinajstić information content (AvgIpc) is 2.54. The molecule has 6 nitrogen and oxygen atoms in total. The first-order valence-corrected chi connectivity index (χ1v) is 7.72. The second kappa shape index (κ2) is 6.25. The third-order valence-electron chi connectivity index (χ3n) is 3.94. The number of hydrogen-bond donors (Lipinski definition) is 2. The van der Waals surface area contributed by atoms with Gasteiger partial charge in [0.25, 0.3) is 0 Å². The lowest BCUT2D eigenvalue weighted by molar-refractivity contribution is 0.0322. The number of benzene rings is 2. The normalized spacial score (nSPS) is 18.8. The summed E-state index contributed by atoms with van der Waals surface area (Å²) < 4.78 is 18.5. The Hall–Kier alpha value is -2.80. The highest BCUT2D eigenvalue weighted by Gasteiger charge is 2.41. The quantitative estimate of drug-likeness (QED) is 0.843. The molecule has 0 radical (unpaired) electrons. The molecule has 0 saturated carbocycles. The summed E-state index contributed by atoms with van der Waals surface area (Å²) in [6.07, 6.45) is -1.95. The molecule has 1 heterocycles. The van der Waals surface area contributed by atoms with E-state index >= 15 is 0 Å². The molecule has 2 aromatic rings. The van der Waals surface area contributed by atoms with Gasteiger partial charge in [-0.05, 0) is 49.4 Å². The lowest BCUT2D eigenvalue weighted by Gasteiger charge is -2.38. The van der Waals surface area contributed by atoms with E-state index in [0.29, 0.717) is 16.3 Å². The van der Waals surface area contributed by atoms with Crippen LogP contribution in [0.4, 0.5) is 25.4 Å². The lowest BCUT2D eigenvalue weighted by Crippen LogP contribution is -2.47. The molecule has 0 spiro atoms. The Morgan fingerprint density at radius 2 is 2.00 bits per heavy atom. The van der Waals surface area contributed by atoms with Crippen LogP contribution in [-0.4, -0.2) is 23.8 Å². The highest BCUT2D eigenvalue weighted by atomic mass is 35.5. The van der Waals surface area contributed by atoms with E-state index in [4.69, 9.17) is 16.3 Å². The molecule has 0 saturated heterocycles. The number of carboxylic acid groups (broad SMARTS) is 1. The Bertz CT molecular complexity index is 843. The zero-order valence-corrected chi connectivity index (χ0v) is 13.9. The average molecular weight is 365 g/mol. The minimum absolute atomic E-state index is 0.186. The van der Waals surface area contributed by atoms with Crippen LogP contribution in [0.25, 0.3) is 0 Å². The summed E-state index contributed by atoms with van der Waals surface area (Å²) in [6.45, 7) is 1.41. The predicted octanol–water partition coefficient (Wildman–Crippen LogP) is 4.44. The van der Waals surface area contributed by atoms with Crippen molar-refractivity contribution in [2.24, 2.45) is 0 Å². The Kier molecular flexibility index (Phi) is 4.26. The van der Waals surface area contributed by atoms with Crippen molar-refractivity contribution in [3.05, 3.63) is 58.9 Å². The van der Waals surface area contributed by atoms with Gasteiger partial charge in [0.1, 0.15) is 5.82 Å². The fraction of sp³-hybridized carbons (Fsp3) is 0.176. The van der Waals surface area contributed by atoms with Crippen molar-refractivity contribution >= 4 is 35.2 Å². The number of nitrogens with one attached hydrogen (secondary N) is 1. The Morgan fingerprint density at radius 3 is 2.64 bits per heavy atom. The van der Waals surface area contributed by atoms with Gasteiger partial charge in [0.15, 0.2) is 5.60 Å². The van der Waals surface area contributed by atoms with Crippen LogP contribution in [0.5, 0.6) is 0 Å². The summed E-state index contributed by atoms with van der Waals surface area (Å²) in [5, 5.41) is 12.5. The maximum absolute atomic E-state index is 13.1. The number of halogens is 2. The zero-order valence-electron chi connectivity index (χ0n) is 13.1. The largest absolute Gasteiger partial charge is 0.465 e. The van der Waals surface area contributed by atoms with E-state index in [0.717, 1.165) is 17.0 Å². The zero-order chi connectivity index (χ0) is 18.2. The first-order valence-electron chi connectivity index (χ1n) is 7.34. The SMILES string of the molecule is CC1(CN(C(=O)O)c2ccc(F)cc2)OC(=O)Nc2ccc(Cl)cc21. The van der Waals surface area contributed by atoms with Crippen molar-refractivity contribution in [3.63, 3.8) is 0 Å². The van der Waals surface area contributed by atoms with E-state index < -0.39 is 23.6 Å². The van der Waals surface area contributed by atoms with Crippen molar-refractivity contribution in [1.82, 2.24) is 0 Å². The number of hydrogen-bond acceptors (Lipinski definition) is 3. The summed E-state index contributed by atoms with van der Waals surface area (Å²) in [5.41, 5.74) is 0.0313. The van der Waals surface area contributed by atoms with Crippen LogP contribution in [0, 0.1) is 5.82 Å². The lowest BCUT2D eigenvalue weighted by atomic mass is 9.92. The molecule has 1 unspecified atom stereocenters. The monoisotopic (exact) mass is 364 g/mol. The molecule has 0 aliphatic carbocycles. The maximum Gasteiger partial charge on any atom is 0.412 e. The third kappa shape index (κ3) is 3.36. The number of carbonyl (C=O) groups excluding carboxylic acids is 1. The molecular weight excluding hydrogens is 351 g/mol. The molecule has 130 valence electrons. The molecule has 1 aliphatic rings.